The van der Waals surface area contributed by atoms with Crippen molar-refractivity contribution in [2.75, 3.05) is 11.6 Å². The van der Waals surface area contributed by atoms with E-state index in [0.717, 1.165) is 29.9 Å². The topological polar surface area (TPSA) is 72.2 Å². The van der Waals surface area contributed by atoms with Gasteiger partial charge >= 0.3 is 0 Å². The van der Waals surface area contributed by atoms with Crippen molar-refractivity contribution in [1.29, 1.82) is 0 Å². The smallest absolute Gasteiger partial charge is 0.192 e. The molecule has 0 bridgehead atoms. The van der Waals surface area contributed by atoms with Gasteiger partial charge in [0.15, 0.2) is 14.9 Å². The number of hydrogen-bond donors (Lipinski definition) is 1. The molecule has 19 heavy (non-hydrogen) atoms. The van der Waals surface area contributed by atoms with Crippen LogP contribution in [-0.4, -0.2) is 19.7 Å². The number of nitrogens with one attached hydrogen (secondary N) is 1. The molecule has 0 saturated heterocycles. The molecule has 0 aliphatic heterocycles. The van der Waals surface area contributed by atoms with Crippen molar-refractivity contribution in [1.82, 2.24) is 4.98 Å². The van der Waals surface area contributed by atoms with Gasteiger partial charge < -0.3 is 9.73 Å². The fraction of sp³-hybridized carbons (Fsp3) is 0.308. The average molecular weight is 280 g/mol. The first-order chi connectivity index (χ1) is 8.99. The zero-order chi connectivity index (χ0) is 13.9. The summed E-state index contributed by atoms with van der Waals surface area (Å²) in [7, 11) is -3.24. The van der Waals surface area contributed by atoms with Gasteiger partial charge in [-0.3, -0.25) is 0 Å². The van der Waals surface area contributed by atoms with E-state index in [1.54, 1.807) is 6.07 Å². The normalized spacial score (nSPS) is 11.5. The molecule has 0 radical (unpaired) electrons. The molecule has 0 saturated carbocycles. The molecule has 102 valence electrons. The predicted molar refractivity (Wildman–Crippen MR) is 72.8 cm³/mol. The van der Waals surface area contributed by atoms with Gasteiger partial charge in [-0.15, -0.1) is 0 Å². The molecular weight excluding hydrogens is 264 g/mol. The van der Waals surface area contributed by atoms with Crippen molar-refractivity contribution in [3.8, 4) is 0 Å². The summed E-state index contributed by atoms with van der Waals surface area (Å²) in [5.74, 6) is 1.78. The van der Waals surface area contributed by atoms with Gasteiger partial charge in [0.2, 0.25) is 0 Å². The first-order valence-corrected chi connectivity index (χ1v) is 7.85. The molecule has 2 heterocycles. The summed E-state index contributed by atoms with van der Waals surface area (Å²) in [5.41, 5.74) is 0.752. The Morgan fingerprint density at radius 1 is 1.21 bits per heavy atom. The Morgan fingerprint density at radius 2 is 1.95 bits per heavy atom. The molecule has 5 nitrogen and oxygen atoms in total. The van der Waals surface area contributed by atoms with E-state index in [-0.39, 0.29) is 5.03 Å². The molecule has 1 N–H and O–H groups in total. The molecule has 0 amide bonds. The second kappa shape index (κ2) is 5.44. The first kappa shape index (κ1) is 13.6. The van der Waals surface area contributed by atoms with Crippen molar-refractivity contribution in [2.45, 2.75) is 24.9 Å². The number of anilines is 1. The first-order valence-electron chi connectivity index (χ1n) is 5.96. The van der Waals surface area contributed by atoms with Gasteiger partial charge in [0, 0.05) is 12.7 Å². The maximum atomic E-state index is 11.3. The number of rotatable bonds is 5. The minimum absolute atomic E-state index is 0.0734. The van der Waals surface area contributed by atoms with Crippen LogP contribution < -0.4 is 5.32 Å². The van der Waals surface area contributed by atoms with Crippen LogP contribution in [0.3, 0.4) is 0 Å². The van der Waals surface area contributed by atoms with E-state index in [0.29, 0.717) is 6.54 Å². The highest BCUT2D eigenvalue weighted by Crippen LogP contribution is 2.13. The Morgan fingerprint density at radius 3 is 2.47 bits per heavy atom. The van der Waals surface area contributed by atoms with E-state index in [1.165, 1.54) is 12.3 Å². The third-order valence-electron chi connectivity index (χ3n) is 2.65. The predicted octanol–water partition coefficient (Wildman–Crippen LogP) is 2.25. The zero-order valence-electron chi connectivity index (χ0n) is 10.9. The third-order valence-corrected chi connectivity index (χ3v) is 3.65. The Bertz CT molecular complexity index is 645. The van der Waals surface area contributed by atoms with Crippen LogP contribution in [0.4, 0.5) is 5.69 Å². The van der Waals surface area contributed by atoms with Crippen molar-refractivity contribution in [3.05, 3.63) is 42.0 Å². The Kier molecular flexibility index (Phi) is 3.90. The number of aromatic nitrogens is 1. The SMILES string of the molecule is CCc1ccc(CNc2ccc(S(C)(=O)=O)nc2)o1. The van der Waals surface area contributed by atoms with Crippen LogP contribution >= 0.6 is 0 Å². The largest absolute Gasteiger partial charge is 0.464 e. The van der Waals surface area contributed by atoms with Gasteiger partial charge in [0.05, 0.1) is 18.4 Å². The van der Waals surface area contributed by atoms with Gasteiger partial charge in [-0.2, -0.15) is 0 Å². The van der Waals surface area contributed by atoms with Crippen LogP contribution in [0.1, 0.15) is 18.4 Å². The summed E-state index contributed by atoms with van der Waals surface area (Å²) in [5, 5.41) is 3.20. The number of hydrogen-bond acceptors (Lipinski definition) is 5. The minimum atomic E-state index is -3.24. The lowest BCUT2D eigenvalue weighted by atomic mass is 10.3. The molecule has 2 rings (SSSR count). The highest BCUT2D eigenvalue weighted by atomic mass is 32.2. The number of sulfone groups is 1. The second-order valence-corrected chi connectivity index (χ2v) is 6.20. The van der Waals surface area contributed by atoms with E-state index in [1.807, 2.05) is 19.1 Å². The van der Waals surface area contributed by atoms with Crippen molar-refractivity contribution < 1.29 is 12.8 Å². The van der Waals surface area contributed by atoms with Crippen LogP contribution in [0.5, 0.6) is 0 Å². The van der Waals surface area contributed by atoms with Crippen molar-refractivity contribution >= 4 is 15.5 Å². The molecule has 0 fully saturated rings. The van der Waals surface area contributed by atoms with Crippen LogP contribution in [-0.2, 0) is 22.8 Å². The minimum Gasteiger partial charge on any atom is -0.464 e. The number of furan rings is 1. The van der Waals surface area contributed by atoms with Gasteiger partial charge in [-0.25, -0.2) is 13.4 Å². The van der Waals surface area contributed by atoms with E-state index in [2.05, 4.69) is 10.3 Å². The lowest BCUT2D eigenvalue weighted by Gasteiger charge is -2.04. The fourth-order valence-corrected chi connectivity index (χ4v) is 2.16. The Balaban J connectivity index is 2.00. The standard InChI is InChI=1S/C13H16N2O3S/c1-3-11-5-6-12(18-11)9-14-10-4-7-13(15-8-10)19(2,16)17/h4-8,14H,3,9H2,1-2H3. The average Bonchev–Trinajstić information content (AvgIpc) is 2.84. The number of aryl methyl sites for hydroxylation is 1. The zero-order valence-corrected chi connectivity index (χ0v) is 11.7. The molecule has 0 spiro atoms. The van der Waals surface area contributed by atoms with E-state index < -0.39 is 9.84 Å². The molecule has 2 aromatic heterocycles. The van der Waals surface area contributed by atoms with Gasteiger partial charge in [-0.05, 0) is 24.3 Å². The summed E-state index contributed by atoms with van der Waals surface area (Å²) >= 11 is 0. The summed E-state index contributed by atoms with van der Waals surface area (Å²) in [6.07, 6.45) is 3.50. The summed E-state index contributed by atoms with van der Waals surface area (Å²) in [6.45, 7) is 2.57. The fourth-order valence-electron chi connectivity index (χ4n) is 1.60. The van der Waals surface area contributed by atoms with E-state index >= 15 is 0 Å². The van der Waals surface area contributed by atoms with Crippen molar-refractivity contribution in [3.63, 3.8) is 0 Å². The second-order valence-electron chi connectivity index (χ2n) is 4.23. The van der Waals surface area contributed by atoms with Crippen LogP contribution in [0, 0.1) is 0 Å². The molecule has 0 aliphatic carbocycles. The molecule has 0 unspecified atom stereocenters. The highest BCUT2D eigenvalue weighted by molar-refractivity contribution is 7.90. The summed E-state index contributed by atoms with van der Waals surface area (Å²) < 4.78 is 28.1. The molecule has 0 aromatic carbocycles. The third kappa shape index (κ3) is 3.57. The molecular formula is C13H16N2O3S. The maximum absolute atomic E-state index is 11.3. The van der Waals surface area contributed by atoms with E-state index in [4.69, 9.17) is 4.42 Å². The van der Waals surface area contributed by atoms with Crippen LogP contribution in [0.2, 0.25) is 0 Å². The summed E-state index contributed by atoms with van der Waals surface area (Å²) in [4.78, 5) is 3.90. The Labute approximate surface area is 112 Å². The number of pyridine rings is 1. The molecule has 6 heteroatoms. The van der Waals surface area contributed by atoms with Crippen LogP contribution in [0.15, 0.2) is 39.9 Å². The quantitative estimate of drug-likeness (QED) is 0.909. The van der Waals surface area contributed by atoms with Crippen molar-refractivity contribution in [2.24, 2.45) is 0 Å². The lowest BCUT2D eigenvalue weighted by molar-refractivity contribution is 0.476. The Hall–Kier alpha value is -1.82. The van der Waals surface area contributed by atoms with E-state index in [9.17, 15) is 8.42 Å². The van der Waals surface area contributed by atoms with Gasteiger partial charge in [0.1, 0.15) is 11.5 Å². The molecule has 2 aromatic rings. The van der Waals surface area contributed by atoms with Crippen LogP contribution in [0.25, 0.3) is 0 Å². The maximum Gasteiger partial charge on any atom is 0.192 e. The lowest BCUT2D eigenvalue weighted by Crippen LogP contribution is -2.02. The molecule has 0 atom stereocenters. The highest BCUT2D eigenvalue weighted by Gasteiger charge is 2.08. The van der Waals surface area contributed by atoms with Gasteiger partial charge in [-0.1, -0.05) is 6.92 Å². The monoisotopic (exact) mass is 280 g/mol. The molecule has 0 aliphatic rings. The van der Waals surface area contributed by atoms with Gasteiger partial charge in [0.25, 0.3) is 0 Å². The number of nitrogens with zero attached hydrogens (tertiary/aromatic N) is 1. The summed E-state index contributed by atoms with van der Waals surface area (Å²) in [6, 6.07) is 7.04.